The average molecular weight is 279 g/mol. The minimum absolute atomic E-state index is 0.210. The lowest BCUT2D eigenvalue weighted by Crippen LogP contribution is -2.43. The van der Waals surface area contributed by atoms with E-state index in [1.54, 1.807) is 0 Å². The normalized spacial score (nSPS) is 27.7. The minimum Gasteiger partial charge on any atom is -0.351 e. The van der Waals surface area contributed by atoms with E-state index in [-0.39, 0.29) is 5.91 Å². The van der Waals surface area contributed by atoms with E-state index >= 15 is 0 Å². The second kappa shape index (κ2) is 7.23. The van der Waals surface area contributed by atoms with E-state index in [1.807, 2.05) is 0 Å². The maximum Gasteiger partial charge on any atom is 0.224 e. The van der Waals surface area contributed by atoms with Gasteiger partial charge >= 0.3 is 0 Å². The molecule has 1 amide bonds. The summed E-state index contributed by atoms with van der Waals surface area (Å²) in [5.74, 6) is 0.751. The molecule has 4 heteroatoms. The van der Waals surface area contributed by atoms with Crippen molar-refractivity contribution in [3.8, 4) is 0 Å². The summed E-state index contributed by atoms with van der Waals surface area (Å²) in [7, 11) is 6.34. The lowest BCUT2D eigenvalue weighted by molar-refractivity contribution is -0.121. The van der Waals surface area contributed by atoms with Crippen molar-refractivity contribution in [2.45, 2.75) is 38.1 Å². The Morgan fingerprint density at radius 2 is 2.20 bits per heavy atom. The molecule has 2 rings (SSSR count). The third-order valence-corrected chi connectivity index (χ3v) is 4.34. The molecule has 0 radical (unpaired) electrons. The first-order chi connectivity index (χ1) is 9.54. The maximum absolute atomic E-state index is 12.2. The molecule has 0 saturated carbocycles. The number of allylic oxidation sites excluding steroid dienone is 1. The van der Waals surface area contributed by atoms with Crippen molar-refractivity contribution >= 4 is 5.91 Å². The molecule has 2 aliphatic rings. The Morgan fingerprint density at radius 3 is 2.85 bits per heavy atom. The van der Waals surface area contributed by atoms with Gasteiger partial charge in [-0.05, 0) is 46.8 Å². The SMILES string of the molecule is CN(C)C[C@@H]1CN(C)C[C@H]1NC(=O)CC1=CCCCC1. The fourth-order valence-electron chi connectivity index (χ4n) is 3.43. The second-order valence-corrected chi connectivity index (χ2v) is 6.70. The van der Waals surface area contributed by atoms with Crippen LogP contribution in [-0.4, -0.2) is 62.5 Å². The van der Waals surface area contributed by atoms with E-state index in [2.05, 4.69) is 42.3 Å². The van der Waals surface area contributed by atoms with Crippen LogP contribution in [0, 0.1) is 5.92 Å². The first kappa shape index (κ1) is 15.5. The molecule has 0 spiro atoms. The second-order valence-electron chi connectivity index (χ2n) is 6.70. The Labute approximate surface area is 123 Å². The van der Waals surface area contributed by atoms with Gasteiger partial charge in [-0.15, -0.1) is 0 Å². The number of nitrogens with one attached hydrogen (secondary N) is 1. The summed E-state index contributed by atoms with van der Waals surface area (Å²) < 4.78 is 0. The number of hydrogen-bond acceptors (Lipinski definition) is 3. The van der Waals surface area contributed by atoms with Crippen LogP contribution >= 0.6 is 0 Å². The largest absolute Gasteiger partial charge is 0.351 e. The Morgan fingerprint density at radius 1 is 1.40 bits per heavy atom. The Hall–Kier alpha value is -0.870. The lowest BCUT2D eigenvalue weighted by Gasteiger charge is -2.23. The van der Waals surface area contributed by atoms with Crippen molar-refractivity contribution in [3.63, 3.8) is 0 Å². The molecule has 2 atom stereocenters. The predicted octanol–water partition coefficient (Wildman–Crippen LogP) is 1.48. The van der Waals surface area contributed by atoms with E-state index < -0.39 is 0 Å². The molecule has 1 fully saturated rings. The highest BCUT2D eigenvalue weighted by molar-refractivity contribution is 5.79. The van der Waals surface area contributed by atoms with Crippen LogP contribution in [-0.2, 0) is 4.79 Å². The first-order valence-corrected chi connectivity index (χ1v) is 7.85. The van der Waals surface area contributed by atoms with Crippen LogP contribution in [0.4, 0.5) is 0 Å². The minimum atomic E-state index is 0.210. The standard InChI is InChI=1S/C16H29N3O/c1-18(2)10-14-11-19(3)12-15(14)17-16(20)9-13-7-5-4-6-8-13/h7,14-15H,4-6,8-12H2,1-3H3,(H,17,20)/t14-,15-/m1/s1. The topological polar surface area (TPSA) is 35.6 Å². The van der Waals surface area contributed by atoms with Gasteiger partial charge in [0.15, 0.2) is 0 Å². The smallest absolute Gasteiger partial charge is 0.224 e. The van der Waals surface area contributed by atoms with Crippen molar-refractivity contribution in [3.05, 3.63) is 11.6 Å². The van der Waals surface area contributed by atoms with Crippen LogP contribution in [0.3, 0.4) is 0 Å². The van der Waals surface area contributed by atoms with Gasteiger partial charge < -0.3 is 15.1 Å². The monoisotopic (exact) mass is 279 g/mol. The van der Waals surface area contributed by atoms with Crippen molar-refractivity contribution in [2.24, 2.45) is 5.92 Å². The lowest BCUT2D eigenvalue weighted by atomic mass is 9.96. The quantitative estimate of drug-likeness (QED) is 0.775. The maximum atomic E-state index is 12.2. The summed E-state index contributed by atoms with van der Waals surface area (Å²) >= 11 is 0. The van der Waals surface area contributed by atoms with E-state index in [1.165, 1.54) is 18.4 Å². The summed E-state index contributed by atoms with van der Waals surface area (Å²) in [5.41, 5.74) is 1.34. The summed E-state index contributed by atoms with van der Waals surface area (Å²) in [5, 5.41) is 3.26. The van der Waals surface area contributed by atoms with Crippen molar-refractivity contribution < 1.29 is 4.79 Å². The molecule has 0 aromatic rings. The van der Waals surface area contributed by atoms with E-state index in [9.17, 15) is 4.79 Å². The van der Waals surface area contributed by atoms with Crippen LogP contribution in [0.5, 0.6) is 0 Å². The van der Waals surface area contributed by atoms with Gasteiger partial charge in [-0.2, -0.15) is 0 Å². The van der Waals surface area contributed by atoms with Crippen LogP contribution in [0.15, 0.2) is 11.6 Å². The molecule has 0 aromatic heterocycles. The van der Waals surface area contributed by atoms with Gasteiger partial charge in [0, 0.05) is 38.0 Å². The molecule has 1 aliphatic heterocycles. The molecular weight excluding hydrogens is 250 g/mol. The summed E-state index contributed by atoms with van der Waals surface area (Å²) in [6.07, 6.45) is 7.66. The summed E-state index contributed by atoms with van der Waals surface area (Å²) in [6, 6.07) is 0.305. The summed E-state index contributed by atoms with van der Waals surface area (Å²) in [4.78, 5) is 16.8. The van der Waals surface area contributed by atoms with Crippen LogP contribution < -0.4 is 5.32 Å². The number of hydrogen-bond donors (Lipinski definition) is 1. The molecular formula is C16H29N3O. The molecule has 1 N–H and O–H groups in total. The van der Waals surface area contributed by atoms with Gasteiger partial charge in [-0.1, -0.05) is 11.6 Å². The highest BCUT2D eigenvalue weighted by Crippen LogP contribution is 2.21. The zero-order valence-corrected chi connectivity index (χ0v) is 13.2. The van der Waals surface area contributed by atoms with Crippen LogP contribution in [0.1, 0.15) is 32.1 Å². The molecule has 0 aromatic carbocycles. The predicted molar refractivity (Wildman–Crippen MR) is 82.6 cm³/mol. The van der Waals surface area contributed by atoms with E-state index in [0.717, 1.165) is 32.5 Å². The zero-order valence-electron chi connectivity index (χ0n) is 13.2. The highest BCUT2D eigenvalue weighted by atomic mass is 16.1. The average Bonchev–Trinajstić information content (AvgIpc) is 2.69. The van der Waals surface area contributed by atoms with E-state index in [0.29, 0.717) is 18.4 Å². The van der Waals surface area contributed by atoms with Gasteiger partial charge in [0.2, 0.25) is 5.91 Å². The van der Waals surface area contributed by atoms with Crippen LogP contribution in [0.25, 0.3) is 0 Å². The molecule has 114 valence electrons. The van der Waals surface area contributed by atoms with Crippen LogP contribution in [0.2, 0.25) is 0 Å². The Kier molecular flexibility index (Phi) is 5.61. The van der Waals surface area contributed by atoms with Gasteiger partial charge in [0.05, 0.1) is 0 Å². The van der Waals surface area contributed by atoms with E-state index in [4.69, 9.17) is 0 Å². The number of likely N-dealkylation sites (tertiary alicyclic amines) is 1. The molecule has 1 saturated heterocycles. The Balaban J connectivity index is 1.84. The zero-order chi connectivity index (χ0) is 14.5. The van der Waals surface area contributed by atoms with Gasteiger partial charge in [-0.3, -0.25) is 4.79 Å². The number of likely N-dealkylation sites (N-methyl/N-ethyl adjacent to an activating group) is 1. The fourth-order valence-corrected chi connectivity index (χ4v) is 3.43. The molecule has 1 aliphatic carbocycles. The number of carbonyl (C=O) groups excluding carboxylic acids is 1. The number of rotatable bonds is 5. The number of amides is 1. The molecule has 0 unspecified atom stereocenters. The third-order valence-electron chi connectivity index (χ3n) is 4.34. The highest BCUT2D eigenvalue weighted by Gasteiger charge is 2.32. The summed E-state index contributed by atoms with van der Waals surface area (Å²) in [6.45, 7) is 3.09. The molecule has 1 heterocycles. The Bertz CT molecular complexity index is 365. The molecule has 0 bridgehead atoms. The molecule has 4 nitrogen and oxygen atoms in total. The van der Waals surface area contributed by atoms with Crippen molar-refractivity contribution in [2.75, 3.05) is 40.8 Å². The van der Waals surface area contributed by atoms with Crippen molar-refractivity contribution in [1.82, 2.24) is 15.1 Å². The molecule has 20 heavy (non-hydrogen) atoms. The van der Waals surface area contributed by atoms with Gasteiger partial charge in [0.25, 0.3) is 0 Å². The third kappa shape index (κ3) is 4.60. The van der Waals surface area contributed by atoms with Gasteiger partial charge in [0.1, 0.15) is 0 Å². The fraction of sp³-hybridized carbons (Fsp3) is 0.812. The van der Waals surface area contributed by atoms with Crippen molar-refractivity contribution in [1.29, 1.82) is 0 Å². The van der Waals surface area contributed by atoms with Gasteiger partial charge in [-0.25, -0.2) is 0 Å². The number of nitrogens with zero attached hydrogens (tertiary/aromatic N) is 2. The number of carbonyl (C=O) groups is 1. The first-order valence-electron chi connectivity index (χ1n) is 7.85.